The smallest absolute Gasteiger partial charge is 0.260 e. The Hall–Kier alpha value is -2.82. The lowest BCUT2D eigenvalue weighted by Gasteiger charge is -2.34. The van der Waals surface area contributed by atoms with Crippen LogP contribution < -0.4 is 4.74 Å². The van der Waals surface area contributed by atoms with Crippen LogP contribution in [0, 0.1) is 6.92 Å². The topological polar surface area (TPSA) is 49.9 Å². The summed E-state index contributed by atoms with van der Waals surface area (Å²) in [6, 6.07) is 16.1. The summed E-state index contributed by atoms with van der Waals surface area (Å²) < 4.78 is 5.61. The summed E-state index contributed by atoms with van der Waals surface area (Å²) in [6.45, 7) is 6.46. The van der Waals surface area contributed by atoms with E-state index in [0.717, 1.165) is 18.4 Å². The number of hydrogen-bond donors (Lipinski definition) is 0. The standard InChI is InChI=1S/C24H30N2O3/c1-3-20-7-9-21(10-8-20)11-12-23(27)25-13-15-26(16-14-25)24(28)18-29-22-6-4-5-19(2)17-22/h4-10,17H,3,11-16,18H2,1-2H3. The first-order valence-corrected chi connectivity index (χ1v) is 10.4. The second-order valence-corrected chi connectivity index (χ2v) is 7.54. The molecule has 2 aromatic rings. The summed E-state index contributed by atoms with van der Waals surface area (Å²) in [5, 5.41) is 0. The van der Waals surface area contributed by atoms with Gasteiger partial charge in [0.25, 0.3) is 5.91 Å². The van der Waals surface area contributed by atoms with Gasteiger partial charge in [0.05, 0.1) is 0 Å². The molecule has 1 saturated heterocycles. The third kappa shape index (κ3) is 6.08. The van der Waals surface area contributed by atoms with Crippen LogP contribution in [0.4, 0.5) is 0 Å². The summed E-state index contributed by atoms with van der Waals surface area (Å²) in [5.41, 5.74) is 3.60. The van der Waals surface area contributed by atoms with Gasteiger partial charge in [-0.05, 0) is 48.6 Å². The van der Waals surface area contributed by atoms with Gasteiger partial charge in [0.2, 0.25) is 5.91 Å². The Morgan fingerprint density at radius 3 is 2.14 bits per heavy atom. The van der Waals surface area contributed by atoms with Crippen LogP contribution in [0.1, 0.15) is 30.0 Å². The van der Waals surface area contributed by atoms with Gasteiger partial charge in [0, 0.05) is 32.6 Å². The second-order valence-electron chi connectivity index (χ2n) is 7.54. The fraction of sp³-hybridized carbons (Fsp3) is 0.417. The van der Waals surface area contributed by atoms with Crippen molar-refractivity contribution in [2.45, 2.75) is 33.1 Å². The molecule has 0 atom stereocenters. The normalized spacial score (nSPS) is 14.0. The Balaban J connectivity index is 1.39. The lowest BCUT2D eigenvalue weighted by Crippen LogP contribution is -2.51. The Kier molecular flexibility index (Phi) is 7.28. The highest BCUT2D eigenvalue weighted by atomic mass is 16.5. The fourth-order valence-corrected chi connectivity index (χ4v) is 3.50. The van der Waals surface area contributed by atoms with Crippen LogP contribution in [0.2, 0.25) is 0 Å². The summed E-state index contributed by atoms with van der Waals surface area (Å²) >= 11 is 0. The molecule has 0 saturated carbocycles. The predicted molar refractivity (Wildman–Crippen MR) is 114 cm³/mol. The van der Waals surface area contributed by atoms with Crippen LogP contribution in [0.5, 0.6) is 5.75 Å². The van der Waals surface area contributed by atoms with E-state index in [-0.39, 0.29) is 18.4 Å². The minimum atomic E-state index is -0.0328. The molecule has 0 radical (unpaired) electrons. The van der Waals surface area contributed by atoms with Gasteiger partial charge in [-0.1, -0.05) is 43.3 Å². The highest BCUT2D eigenvalue weighted by molar-refractivity contribution is 5.79. The molecule has 2 amide bonds. The Morgan fingerprint density at radius 2 is 1.52 bits per heavy atom. The van der Waals surface area contributed by atoms with Crippen LogP contribution in [0.15, 0.2) is 48.5 Å². The van der Waals surface area contributed by atoms with Crippen molar-refractivity contribution in [3.05, 3.63) is 65.2 Å². The second kappa shape index (κ2) is 10.1. The predicted octanol–water partition coefficient (Wildman–Crippen LogP) is 3.24. The van der Waals surface area contributed by atoms with Crippen molar-refractivity contribution in [1.82, 2.24) is 9.80 Å². The SMILES string of the molecule is CCc1ccc(CCC(=O)N2CCN(C(=O)COc3cccc(C)c3)CC2)cc1. The Labute approximate surface area is 173 Å². The molecule has 0 spiro atoms. The zero-order chi connectivity index (χ0) is 20.6. The summed E-state index contributed by atoms with van der Waals surface area (Å²) in [6.07, 6.45) is 2.29. The quantitative estimate of drug-likeness (QED) is 0.724. The van der Waals surface area contributed by atoms with Crippen molar-refractivity contribution in [2.24, 2.45) is 0 Å². The highest BCUT2D eigenvalue weighted by Crippen LogP contribution is 2.13. The summed E-state index contributed by atoms with van der Waals surface area (Å²) in [5.74, 6) is 0.835. The van der Waals surface area contributed by atoms with E-state index in [1.807, 2.05) is 36.1 Å². The number of amides is 2. The van der Waals surface area contributed by atoms with Gasteiger partial charge in [-0.25, -0.2) is 0 Å². The molecule has 1 fully saturated rings. The first-order chi connectivity index (χ1) is 14.0. The third-order valence-electron chi connectivity index (χ3n) is 5.40. The number of aryl methyl sites for hydroxylation is 3. The Bertz CT molecular complexity index is 824. The van der Waals surface area contributed by atoms with E-state index in [0.29, 0.717) is 38.3 Å². The summed E-state index contributed by atoms with van der Waals surface area (Å²) in [7, 11) is 0. The van der Waals surface area contributed by atoms with E-state index < -0.39 is 0 Å². The fourth-order valence-electron chi connectivity index (χ4n) is 3.50. The van der Waals surface area contributed by atoms with Gasteiger partial charge in [-0.3, -0.25) is 9.59 Å². The van der Waals surface area contributed by atoms with Crippen LogP contribution in [-0.2, 0) is 22.4 Å². The van der Waals surface area contributed by atoms with E-state index in [2.05, 4.69) is 31.2 Å². The maximum absolute atomic E-state index is 12.5. The highest BCUT2D eigenvalue weighted by Gasteiger charge is 2.24. The van der Waals surface area contributed by atoms with Crippen LogP contribution in [-0.4, -0.2) is 54.4 Å². The minimum Gasteiger partial charge on any atom is -0.484 e. The van der Waals surface area contributed by atoms with Gasteiger partial charge >= 0.3 is 0 Å². The molecule has 0 aliphatic carbocycles. The van der Waals surface area contributed by atoms with Crippen molar-refractivity contribution < 1.29 is 14.3 Å². The number of hydrogen-bond acceptors (Lipinski definition) is 3. The number of benzene rings is 2. The molecule has 0 aromatic heterocycles. The number of carbonyl (C=O) groups is 2. The molecule has 154 valence electrons. The molecule has 3 rings (SSSR count). The van der Waals surface area contributed by atoms with E-state index in [1.165, 1.54) is 11.1 Å². The number of carbonyl (C=O) groups excluding carboxylic acids is 2. The van der Waals surface area contributed by atoms with Gasteiger partial charge < -0.3 is 14.5 Å². The number of piperazine rings is 1. The molecule has 0 N–H and O–H groups in total. The van der Waals surface area contributed by atoms with Gasteiger partial charge in [0.1, 0.15) is 5.75 Å². The monoisotopic (exact) mass is 394 g/mol. The van der Waals surface area contributed by atoms with Crippen LogP contribution >= 0.6 is 0 Å². The molecule has 5 heteroatoms. The largest absolute Gasteiger partial charge is 0.484 e. The molecule has 1 aliphatic rings. The van der Waals surface area contributed by atoms with Crippen molar-refractivity contribution >= 4 is 11.8 Å². The number of ether oxygens (including phenoxy) is 1. The molecular weight excluding hydrogens is 364 g/mol. The van der Waals surface area contributed by atoms with Crippen LogP contribution in [0.3, 0.4) is 0 Å². The van der Waals surface area contributed by atoms with Crippen molar-refractivity contribution in [3.8, 4) is 5.75 Å². The molecule has 0 unspecified atom stereocenters. The van der Waals surface area contributed by atoms with Crippen molar-refractivity contribution in [2.75, 3.05) is 32.8 Å². The lowest BCUT2D eigenvalue weighted by atomic mass is 10.1. The van der Waals surface area contributed by atoms with Crippen molar-refractivity contribution in [1.29, 1.82) is 0 Å². The molecular formula is C24H30N2O3. The molecule has 29 heavy (non-hydrogen) atoms. The van der Waals surface area contributed by atoms with Gasteiger partial charge in [-0.2, -0.15) is 0 Å². The van der Waals surface area contributed by atoms with E-state index >= 15 is 0 Å². The first-order valence-electron chi connectivity index (χ1n) is 10.4. The lowest BCUT2D eigenvalue weighted by molar-refractivity contribution is -0.140. The maximum atomic E-state index is 12.5. The van der Waals surface area contributed by atoms with Gasteiger partial charge in [-0.15, -0.1) is 0 Å². The van der Waals surface area contributed by atoms with Crippen molar-refractivity contribution in [3.63, 3.8) is 0 Å². The maximum Gasteiger partial charge on any atom is 0.260 e. The number of nitrogens with zero attached hydrogens (tertiary/aromatic N) is 2. The molecule has 1 aliphatic heterocycles. The average molecular weight is 395 g/mol. The summed E-state index contributed by atoms with van der Waals surface area (Å²) in [4.78, 5) is 28.6. The molecule has 1 heterocycles. The van der Waals surface area contributed by atoms with E-state index in [4.69, 9.17) is 4.74 Å². The van der Waals surface area contributed by atoms with E-state index in [9.17, 15) is 9.59 Å². The van der Waals surface area contributed by atoms with Crippen LogP contribution in [0.25, 0.3) is 0 Å². The molecule has 0 bridgehead atoms. The zero-order valence-electron chi connectivity index (χ0n) is 17.4. The molecule has 5 nitrogen and oxygen atoms in total. The first kappa shape index (κ1) is 20.9. The number of rotatable bonds is 7. The average Bonchev–Trinajstić information content (AvgIpc) is 2.76. The molecule has 2 aromatic carbocycles. The van der Waals surface area contributed by atoms with Gasteiger partial charge in [0.15, 0.2) is 6.61 Å². The Morgan fingerprint density at radius 1 is 0.897 bits per heavy atom. The zero-order valence-corrected chi connectivity index (χ0v) is 17.4. The van der Waals surface area contributed by atoms with E-state index in [1.54, 1.807) is 4.90 Å². The minimum absolute atomic E-state index is 0.0328. The third-order valence-corrected chi connectivity index (χ3v) is 5.40.